The predicted octanol–water partition coefficient (Wildman–Crippen LogP) is 4.20. The number of nitrogens with one attached hydrogen (secondary N) is 2. The van der Waals surface area contributed by atoms with Crippen LogP contribution in [0.4, 0.5) is 4.79 Å². The van der Waals surface area contributed by atoms with Gasteiger partial charge in [-0.05, 0) is 106 Å². The van der Waals surface area contributed by atoms with Crippen LogP contribution in [-0.4, -0.2) is 66.9 Å². The number of ether oxygens (including phenoxy) is 2. The van der Waals surface area contributed by atoms with Gasteiger partial charge >= 0.3 is 17.6 Å². The Balaban J connectivity index is 1.05. The molecule has 10 atom stereocenters. The third-order valence-electron chi connectivity index (χ3n) is 12.7. The molecule has 4 saturated carbocycles. The zero-order valence-electron chi connectivity index (χ0n) is 25.4. The standard InChI is InChI=1S/C33H47N3O6/c1-20(37)41-28-27(21-6-9-26(38)40-19-21)32(3)13-11-24-25(33(32)29(28)42-33)8-7-22-18-23(10-12-31(22,24)2)35-30(39)34-14-17-36-15-4-5-16-36/h6,9,19,22-25,27-29H,4-5,7-8,10-18H2,1-3H3,(H2,34,35,39)/t22-,23+,24+,25-,27+,28-,29-,31+,32-,33-/m1/s1. The molecular weight excluding hydrogens is 534 g/mol. The summed E-state index contributed by atoms with van der Waals surface area (Å²) in [5, 5.41) is 6.40. The van der Waals surface area contributed by atoms with Gasteiger partial charge in [-0.15, -0.1) is 0 Å². The number of carbonyl (C=O) groups excluding carboxylic acids is 2. The van der Waals surface area contributed by atoms with Crippen molar-refractivity contribution in [2.24, 2.45) is 28.6 Å². The minimum Gasteiger partial charge on any atom is -0.459 e. The Kier molecular flexibility index (Phi) is 7.00. The molecule has 0 aromatic carbocycles. The quantitative estimate of drug-likeness (QED) is 0.382. The van der Waals surface area contributed by atoms with E-state index in [0.717, 1.165) is 70.1 Å². The molecule has 6 aliphatic rings. The summed E-state index contributed by atoms with van der Waals surface area (Å²) >= 11 is 0. The number of rotatable bonds is 6. The van der Waals surface area contributed by atoms with Crippen molar-refractivity contribution in [1.29, 1.82) is 0 Å². The molecule has 3 heterocycles. The lowest BCUT2D eigenvalue weighted by molar-refractivity contribution is -0.156. The smallest absolute Gasteiger partial charge is 0.335 e. The van der Waals surface area contributed by atoms with Crippen molar-refractivity contribution in [2.45, 2.75) is 108 Å². The Morgan fingerprint density at radius 1 is 1.07 bits per heavy atom. The van der Waals surface area contributed by atoms with Gasteiger partial charge < -0.3 is 29.4 Å². The number of esters is 1. The van der Waals surface area contributed by atoms with Crippen molar-refractivity contribution in [3.8, 4) is 0 Å². The summed E-state index contributed by atoms with van der Waals surface area (Å²) in [7, 11) is 0. The molecule has 6 fully saturated rings. The van der Waals surface area contributed by atoms with Gasteiger partial charge in [0, 0.05) is 43.5 Å². The number of fused-ring (bicyclic) bond motifs is 3. The third-order valence-corrected chi connectivity index (χ3v) is 12.7. The minimum atomic E-state index is -0.381. The van der Waals surface area contributed by atoms with Crippen molar-refractivity contribution in [3.63, 3.8) is 0 Å². The van der Waals surface area contributed by atoms with E-state index in [1.54, 1.807) is 6.26 Å². The Labute approximate surface area is 248 Å². The summed E-state index contributed by atoms with van der Waals surface area (Å²) in [5.74, 6) is 1.15. The lowest BCUT2D eigenvalue weighted by Gasteiger charge is -2.61. The monoisotopic (exact) mass is 581 g/mol. The molecule has 0 unspecified atom stereocenters. The largest absolute Gasteiger partial charge is 0.459 e. The van der Waals surface area contributed by atoms with Crippen LogP contribution in [0.5, 0.6) is 0 Å². The van der Waals surface area contributed by atoms with Crippen molar-refractivity contribution >= 4 is 12.0 Å². The summed E-state index contributed by atoms with van der Waals surface area (Å²) in [6.07, 6.45) is 11.1. The maximum absolute atomic E-state index is 12.7. The second-order valence-electron chi connectivity index (χ2n) is 14.6. The van der Waals surface area contributed by atoms with Crippen LogP contribution in [-0.2, 0) is 14.3 Å². The Bertz CT molecular complexity index is 1260. The second-order valence-corrected chi connectivity index (χ2v) is 14.6. The highest BCUT2D eigenvalue weighted by atomic mass is 16.7. The first-order valence-corrected chi connectivity index (χ1v) is 16.4. The van der Waals surface area contributed by atoms with Crippen LogP contribution < -0.4 is 16.3 Å². The molecule has 42 heavy (non-hydrogen) atoms. The maximum atomic E-state index is 12.7. The van der Waals surface area contributed by atoms with Gasteiger partial charge in [0.15, 0.2) is 0 Å². The van der Waals surface area contributed by atoms with Crippen molar-refractivity contribution in [3.05, 3.63) is 34.4 Å². The molecule has 230 valence electrons. The molecule has 7 rings (SSSR count). The number of hydrogen-bond donors (Lipinski definition) is 2. The molecule has 1 aromatic rings. The van der Waals surface area contributed by atoms with Gasteiger partial charge in [0.05, 0.1) is 6.26 Å². The average Bonchev–Trinajstić information content (AvgIpc) is 3.39. The highest BCUT2D eigenvalue weighted by Gasteiger charge is 2.84. The zero-order valence-corrected chi connectivity index (χ0v) is 25.4. The molecule has 9 heteroatoms. The summed E-state index contributed by atoms with van der Waals surface area (Å²) in [6.45, 7) is 10.2. The first kappa shape index (κ1) is 28.4. The van der Waals surface area contributed by atoms with E-state index in [1.165, 1.54) is 25.8 Å². The molecule has 2 amide bonds. The molecule has 9 nitrogen and oxygen atoms in total. The number of amides is 2. The van der Waals surface area contributed by atoms with E-state index in [2.05, 4.69) is 29.4 Å². The number of nitrogens with zero attached hydrogens (tertiary/aromatic N) is 1. The van der Waals surface area contributed by atoms with Gasteiger partial charge in [0.2, 0.25) is 0 Å². The maximum Gasteiger partial charge on any atom is 0.335 e. The minimum absolute atomic E-state index is 0.0247. The number of urea groups is 1. The Morgan fingerprint density at radius 3 is 2.62 bits per heavy atom. The lowest BCUT2D eigenvalue weighted by atomic mass is 9.44. The van der Waals surface area contributed by atoms with Crippen LogP contribution in [0.15, 0.2) is 27.6 Å². The lowest BCUT2D eigenvalue weighted by Crippen LogP contribution is -2.59. The van der Waals surface area contributed by atoms with Crippen LogP contribution >= 0.6 is 0 Å². The fourth-order valence-electron chi connectivity index (χ4n) is 10.8. The van der Waals surface area contributed by atoms with E-state index in [4.69, 9.17) is 13.9 Å². The summed E-state index contributed by atoms with van der Waals surface area (Å²) in [5.41, 5.74) is 0.209. The van der Waals surface area contributed by atoms with Gasteiger partial charge in [-0.25, -0.2) is 9.59 Å². The van der Waals surface area contributed by atoms with E-state index in [9.17, 15) is 14.4 Å². The van der Waals surface area contributed by atoms with Crippen molar-refractivity contribution in [2.75, 3.05) is 26.2 Å². The fourth-order valence-corrected chi connectivity index (χ4v) is 10.8. The van der Waals surface area contributed by atoms with Crippen LogP contribution in [0.1, 0.15) is 90.0 Å². The third kappa shape index (κ3) is 4.35. The second kappa shape index (κ2) is 10.4. The van der Waals surface area contributed by atoms with E-state index < -0.39 is 0 Å². The summed E-state index contributed by atoms with van der Waals surface area (Å²) < 4.78 is 18.0. The normalized spacial score (nSPS) is 43.8. The molecular formula is C33H47N3O6. The van der Waals surface area contributed by atoms with E-state index >= 15 is 0 Å². The highest BCUT2D eigenvalue weighted by molar-refractivity contribution is 5.74. The molecule has 2 saturated heterocycles. The summed E-state index contributed by atoms with van der Waals surface area (Å²) in [6, 6.07) is 3.51. The number of hydrogen-bond acceptors (Lipinski definition) is 7. The molecule has 1 spiro atoms. The van der Waals surface area contributed by atoms with Gasteiger partial charge in [-0.2, -0.15) is 0 Å². The van der Waals surface area contributed by atoms with E-state index in [1.807, 2.05) is 6.07 Å². The zero-order chi connectivity index (χ0) is 29.3. The van der Waals surface area contributed by atoms with E-state index in [-0.39, 0.29) is 58.2 Å². The Hall–Kier alpha value is -2.39. The van der Waals surface area contributed by atoms with Crippen LogP contribution in [0.3, 0.4) is 0 Å². The van der Waals surface area contributed by atoms with Gasteiger partial charge in [-0.3, -0.25) is 4.79 Å². The molecule has 0 radical (unpaired) electrons. The molecule has 2 aliphatic heterocycles. The van der Waals surface area contributed by atoms with Crippen molar-refractivity contribution in [1.82, 2.24) is 15.5 Å². The van der Waals surface area contributed by atoms with Crippen LogP contribution in [0, 0.1) is 28.6 Å². The Morgan fingerprint density at radius 2 is 1.88 bits per heavy atom. The van der Waals surface area contributed by atoms with Gasteiger partial charge in [0.25, 0.3) is 0 Å². The SMILES string of the molecule is CC(=O)O[C@H]1[C@H]2O[C@]23[C@@H]2CC[C@@H]4C[C@@H](NC(=O)NCCN5CCCC5)CC[C@]4(C)[C@H]2CC[C@]3(C)[C@H]1c1ccc(=O)oc1. The number of epoxide rings is 1. The molecule has 2 N–H and O–H groups in total. The first-order valence-electron chi connectivity index (χ1n) is 16.4. The number of carbonyl (C=O) groups is 2. The molecule has 0 bridgehead atoms. The average molecular weight is 582 g/mol. The van der Waals surface area contributed by atoms with Gasteiger partial charge in [0.1, 0.15) is 17.8 Å². The summed E-state index contributed by atoms with van der Waals surface area (Å²) in [4.78, 5) is 39.2. The van der Waals surface area contributed by atoms with Crippen LogP contribution in [0.2, 0.25) is 0 Å². The van der Waals surface area contributed by atoms with E-state index in [0.29, 0.717) is 24.3 Å². The first-order chi connectivity index (χ1) is 20.2. The number of likely N-dealkylation sites (tertiary alicyclic amines) is 1. The predicted molar refractivity (Wildman–Crippen MR) is 156 cm³/mol. The highest BCUT2D eigenvalue weighted by Crippen LogP contribution is 2.78. The molecule has 1 aromatic heterocycles. The van der Waals surface area contributed by atoms with Crippen LogP contribution in [0.25, 0.3) is 0 Å². The van der Waals surface area contributed by atoms with Crippen molar-refractivity contribution < 1.29 is 23.5 Å². The molecule has 4 aliphatic carbocycles. The topological polar surface area (TPSA) is 113 Å². The fraction of sp³-hybridized carbons (Fsp3) is 0.788. The van der Waals surface area contributed by atoms with Gasteiger partial charge in [-0.1, -0.05) is 13.8 Å².